The Morgan fingerprint density at radius 1 is 1.10 bits per heavy atom. The van der Waals surface area contributed by atoms with Crippen molar-refractivity contribution in [1.82, 2.24) is 0 Å². The van der Waals surface area contributed by atoms with Crippen molar-refractivity contribution in [2.24, 2.45) is 5.73 Å². The molecule has 0 aliphatic heterocycles. The van der Waals surface area contributed by atoms with Crippen molar-refractivity contribution in [2.75, 3.05) is 0 Å². The van der Waals surface area contributed by atoms with Gasteiger partial charge in [-0.1, -0.05) is 18.2 Å². The molecule has 1 aliphatic rings. The second kappa shape index (κ2) is 5.54. The smallest absolute Gasteiger partial charge is 0.137 e. The summed E-state index contributed by atoms with van der Waals surface area (Å²) in [6, 6.07) is 12.3. The molecule has 4 heteroatoms. The number of ether oxygens (including phenoxy) is 1. The molecule has 0 heterocycles. The maximum absolute atomic E-state index is 13.5. The number of nitrogens with two attached hydrogens (primary N) is 1. The monoisotopic (exact) mass is 335 g/mol. The molecule has 1 unspecified atom stereocenters. The molecule has 1 saturated carbocycles. The van der Waals surface area contributed by atoms with Gasteiger partial charge in [0.05, 0.1) is 16.6 Å². The van der Waals surface area contributed by atoms with E-state index in [2.05, 4.69) is 15.9 Å². The minimum Gasteiger partial charge on any atom is -0.490 e. The van der Waals surface area contributed by atoms with Crippen LogP contribution in [0, 0.1) is 5.82 Å². The highest BCUT2D eigenvalue weighted by atomic mass is 79.9. The fourth-order valence-electron chi connectivity index (χ4n) is 2.03. The minimum absolute atomic E-state index is 0.299. The molecule has 104 valence electrons. The number of halogens is 2. The molecule has 0 saturated heterocycles. The maximum atomic E-state index is 13.5. The van der Waals surface area contributed by atoms with Crippen LogP contribution in [0.4, 0.5) is 4.39 Å². The van der Waals surface area contributed by atoms with Gasteiger partial charge in [0.2, 0.25) is 0 Å². The Labute approximate surface area is 125 Å². The van der Waals surface area contributed by atoms with Gasteiger partial charge in [0, 0.05) is 0 Å². The van der Waals surface area contributed by atoms with Gasteiger partial charge in [-0.3, -0.25) is 0 Å². The molecule has 2 N–H and O–H groups in total. The van der Waals surface area contributed by atoms with Crippen LogP contribution in [0.1, 0.15) is 30.0 Å². The SMILES string of the molecule is NC(c1ccc(OC2CC2)cc1)c1ccc(Br)c(F)c1. The Kier molecular flexibility index (Phi) is 3.76. The van der Waals surface area contributed by atoms with Gasteiger partial charge in [0.1, 0.15) is 11.6 Å². The van der Waals surface area contributed by atoms with Gasteiger partial charge in [0.25, 0.3) is 0 Å². The third kappa shape index (κ3) is 3.02. The summed E-state index contributed by atoms with van der Waals surface area (Å²) in [6.07, 6.45) is 2.66. The molecule has 2 nitrogen and oxygen atoms in total. The molecule has 1 fully saturated rings. The maximum Gasteiger partial charge on any atom is 0.137 e. The minimum atomic E-state index is -0.340. The highest BCUT2D eigenvalue weighted by Gasteiger charge is 2.23. The Hall–Kier alpha value is -1.39. The molecule has 0 aromatic heterocycles. The number of hydrogen-bond acceptors (Lipinski definition) is 2. The van der Waals surface area contributed by atoms with Gasteiger partial charge in [-0.15, -0.1) is 0 Å². The molecule has 1 atom stereocenters. The molecular weight excluding hydrogens is 321 g/mol. The summed E-state index contributed by atoms with van der Waals surface area (Å²) in [5.74, 6) is 0.567. The van der Waals surface area contributed by atoms with Gasteiger partial charge in [-0.05, 0) is 64.2 Å². The summed E-state index contributed by atoms with van der Waals surface area (Å²) < 4.78 is 19.7. The van der Waals surface area contributed by atoms with E-state index >= 15 is 0 Å². The summed E-state index contributed by atoms with van der Waals surface area (Å²) in [5.41, 5.74) is 7.87. The summed E-state index contributed by atoms with van der Waals surface area (Å²) in [5, 5.41) is 0. The summed E-state index contributed by atoms with van der Waals surface area (Å²) in [6.45, 7) is 0. The lowest BCUT2D eigenvalue weighted by Gasteiger charge is -2.14. The fraction of sp³-hybridized carbons (Fsp3) is 0.250. The molecule has 2 aromatic carbocycles. The zero-order valence-electron chi connectivity index (χ0n) is 10.9. The first-order chi connectivity index (χ1) is 9.63. The molecule has 0 amide bonds. The van der Waals surface area contributed by atoms with Crippen molar-refractivity contribution < 1.29 is 9.13 Å². The van der Waals surface area contributed by atoms with Crippen LogP contribution < -0.4 is 10.5 Å². The van der Waals surface area contributed by atoms with Crippen molar-refractivity contribution in [3.8, 4) is 5.75 Å². The lowest BCUT2D eigenvalue weighted by molar-refractivity contribution is 0.303. The normalized spacial score (nSPS) is 15.9. The first-order valence-electron chi connectivity index (χ1n) is 6.60. The van der Waals surface area contributed by atoms with E-state index in [1.165, 1.54) is 6.07 Å². The summed E-state index contributed by atoms with van der Waals surface area (Å²) in [7, 11) is 0. The Morgan fingerprint density at radius 2 is 1.75 bits per heavy atom. The van der Waals surface area contributed by atoms with Crippen LogP contribution in [0.25, 0.3) is 0 Å². The Balaban J connectivity index is 1.78. The van der Waals surface area contributed by atoms with Gasteiger partial charge in [0.15, 0.2) is 0 Å². The van der Waals surface area contributed by atoms with E-state index in [9.17, 15) is 4.39 Å². The van der Waals surface area contributed by atoms with Crippen molar-refractivity contribution in [3.63, 3.8) is 0 Å². The molecular formula is C16H15BrFNO. The highest BCUT2D eigenvalue weighted by Crippen LogP contribution is 2.29. The van der Waals surface area contributed by atoms with E-state index < -0.39 is 0 Å². The zero-order valence-corrected chi connectivity index (χ0v) is 12.4. The van der Waals surface area contributed by atoms with E-state index in [1.54, 1.807) is 6.07 Å². The zero-order chi connectivity index (χ0) is 14.1. The molecule has 0 spiro atoms. The van der Waals surface area contributed by atoms with Crippen LogP contribution in [0.2, 0.25) is 0 Å². The lowest BCUT2D eigenvalue weighted by Crippen LogP contribution is -2.12. The van der Waals surface area contributed by atoms with Crippen LogP contribution in [0.15, 0.2) is 46.9 Å². The molecule has 3 rings (SSSR count). The second-order valence-corrected chi connectivity index (χ2v) is 5.89. The third-order valence-electron chi connectivity index (χ3n) is 3.37. The van der Waals surface area contributed by atoms with Crippen LogP contribution in [-0.4, -0.2) is 6.10 Å². The van der Waals surface area contributed by atoms with Crippen molar-refractivity contribution in [3.05, 3.63) is 63.9 Å². The quantitative estimate of drug-likeness (QED) is 0.909. The molecule has 20 heavy (non-hydrogen) atoms. The predicted molar refractivity (Wildman–Crippen MR) is 80.2 cm³/mol. The molecule has 0 bridgehead atoms. The number of hydrogen-bond donors (Lipinski definition) is 1. The van der Waals surface area contributed by atoms with E-state index in [0.717, 1.165) is 29.7 Å². The van der Waals surface area contributed by atoms with Crippen molar-refractivity contribution in [1.29, 1.82) is 0 Å². The van der Waals surface area contributed by atoms with Gasteiger partial charge in [-0.2, -0.15) is 0 Å². The standard InChI is InChI=1S/C16H15BrFNO/c17-14-8-3-11(9-15(14)18)16(19)10-1-4-12(5-2-10)20-13-6-7-13/h1-5,8-9,13,16H,6-7,19H2. The number of rotatable bonds is 4. The van der Waals surface area contributed by atoms with Crippen LogP contribution >= 0.6 is 15.9 Å². The summed E-state index contributed by atoms with van der Waals surface area (Å²) in [4.78, 5) is 0. The van der Waals surface area contributed by atoms with E-state index in [4.69, 9.17) is 10.5 Å². The van der Waals surface area contributed by atoms with Gasteiger partial charge in [-0.25, -0.2) is 4.39 Å². The molecule has 2 aromatic rings. The van der Waals surface area contributed by atoms with E-state index in [1.807, 2.05) is 30.3 Å². The number of benzene rings is 2. The van der Waals surface area contributed by atoms with Crippen LogP contribution in [-0.2, 0) is 0 Å². The second-order valence-electron chi connectivity index (χ2n) is 5.04. The Bertz CT molecular complexity index is 610. The third-order valence-corrected chi connectivity index (χ3v) is 4.01. The molecule has 0 radical (unpaired) electrons. The Morgan fingerprint density at radius 3 is 2.35 bits per heavy atom. The fourth-order valence-corrected chi connectivity index (χ4v) is 2.28. The largest absolute Gasteiger partial charge is 0.490 e. The van der Waals surface area contributed by atoms with Crippen molar-refractivity contribution in [2.45, 2.75) is 25.0 Å². The average molecular weight is 336 g/mol. The van der Waals surface area contributed by atoms with Gasteiger partial charge < -0.3 is 10.5 Å². The van der Waals surface area contributed by atoms with Crippen molar-refractivity contribution >= 4 is 15.9 Å². The summed E-state index contributed by atoms with van der Waals surface area (Å²) >= 11 is 3.14. The lowest BCUT2D eigenvalue weighted by atomic mass is 9.99. The average Bonchev–Trinajstić information content (AvgIpc) is 3.26. The first-order valence-corrected chi connectivity index (χ1v) is 7.40. The van der Waals surface area contributed by atoms with Gasteiger partial charge >= 0.3 is 0 Å². The topological polar surface area (TPSA) is 35.2 Å². The van der Waals surface area contributed by atoms with Crippen LogP contribution in [0.3, 0.4) is 0 Å². The van der Waals surface area contributed by atoms with E-state index in [-0.39, 0.29) is 11.9 Å². The van der Waals surface area contributed by atoms with E-state index in [0.29, 0.717) is 10.6 Å². The first kappa shape index (κ1) is 13.6. The van der Waals surface area contributed by atoms with Crippen LogP contribution in [0.5, 0.6) is 5.75 Å². The highest BCUT2D eigenvalue weighted by molar-refractivity contribution is 9.10. The molecule has 1 aliphatic carbocycles. The predicted octanol–water partition coefficient (Wildman–Crippen LogP) is 4.18.